The molecule has 1 aromatic heterocycles. The Labute approximate surface area is 171 Å². The number of hydrogen-bond acceptors (Lipinski definition) is 7. The number of fused-ring (bicyclic) bond motifs is 1. The van der Waals surface area contributed by atoms with E-state index in [-0.39, 0.29) is 24.7 Å². The van der Waals surface area contributed by atoms with Crippen LogP contribution in [-0.4, -0.2) is 83.8 Å². The number of carbonyl (C=O) groups is 2. The zero-order valence-electron chi connectivity index (χ0n) is 16.7. The molecule has 2 saturated heterocycles. The summed E-state index contributed by atoms with van der Waals surface area (Å²) in [6.07, 6.45) is -2.84. The molecule has 2 aliphatic rings. The number of carboxylic acids is 1. The fourth-order valence-electron chi connectivity index (χ4n) is 3.42. The maximum absolute atomic E-state index is 12.2. The van der Waals surface area contributed by atoms with E-state index in [0.717, 1.165) is 37.5 Å². The van der Waals surface area contributed by atoms with Gasteiger partial charge in [0.1, 0.15) is 12.4 Å². The van der Waals surface area contributed by atoms with E-state index in [2.05, 4.69) is 15.5 Å². The van der Waals surface area contributed by atoms with Crippen molar-refractivity contribution in [2.75, 3.05) is 38.7 Å². The number of alkyl halides is 3. The number of nitrogens with zero attached hydrogens (tertiary/aromatic N) is 3. The maximum atomic E-state index is 12.2. The van der Waals surface area contributed by atoms with Gasteiger partial charge in [-0.25, -0.2) is 4.79 Å². The molecule has 0 aliphatic carbocycles. The first-order chi connectivity index (χ1) is 14.1. The highest BCUT2D eigenvalue weighted by Gasteiger charge is 2.41. The van der Waals surface area contributed by atoms with Crippen molar-refractivity contribution in [3.05, 3.63) is 17.8 Å². The van der Waals surface area contributed by atoms with Crippen molar-refractivity contribution in [2.45, 2.75) is 38.1 Å². The monoisotopic (exact) mass is 434 g/mol. The highest BCUT2D eigenvalue weighted by atomic mass is 19.4. The van der Waals surface area contributed by atoms with Crippen LogP contribution in [0.3, 0.4) is 0 Å². The number of hydrogen-bond donors (Lipinski definition) is 2. The molecule has 3 rings (SSSR count). The lowest BCUT2D eigenvalue weighted by Gasteiger charge is -2.46. The maximum Gasteiger partial charge on any atom is 0.490 e. The lowest BCUT2D eigenvalue weighted by Crippen LogP contribution is -2.59. The van der Waals surface area contributed by atoms with Crippen LogP contribution in [-0.2, 0) is 19.1 Å². The third-order valence-electron chi connectivity index (χ3n) is 4.76. The number of amides is 1. The van der Waals surface area contributed by atoms with Gasteiger partial charge in [-0.15, -0.1) is 5.10 Å². The van der Waals surface area contributed by atoms with Crippen LogP contribution in [0.1, 0.15) is 18.5 Å². The number of halogens is 3. The van der Waals surface area contributed by atoms with Gasteiger partial charge in [-0.3, -0.25) is 4.79 Å². The minimum absolute atomic E-state index is 0.0202. The summed E-state index contributed by atoms with van der Waals surface area (Å²) in [7, 11) is 1.55. The molecule has 0 radical (unpaired) electrons. The van der Waals surface area contributed by atoms with E-state index in [1.54, 1.807) is 7.11 Å². The Morgan fingerprint density at radius 2 is 2.03 bits per heavy atom. The van der Waals surface area contributed by atoms with Crippen LogP contribution in [0.4, 0.5) is 19.0 Å². The summed E-state index contributed by atoms with van der Waals surface area (Å²) < 4.78 is 42.7. The number of carboxylic acid groups (broad SMARTS) is 1. The lowest BCUT2D eigenvalue weighted by molar-refractivity contribution is -0.192. The van der Waals surface area contributed by atoms with Crippen LogP contribution < -0.4 is 5.32 Å². The Bertz CT molecular complexity index is 717. The number of methoxy groups -OCH3 is 1. The Morgan fingerprint density at radius 1 is 1.33 bits per heavy atom. The first-order valence-electron chi connectivity index (χ1n) is 9.37. The van der Waals surface area contributed by atoms with Crippen molar-refractivity contribution in [3.63, 3.8) is 0 Å². The second-order valence-electron chi connectivity index (χ2n) is 7.08. The molecule has 1 amide bonds. The molecule has 0 saturated carbocycles. The van der Waals surface area contributed by atoms with Crippen molar-refractivity contribution < 1.29 is 37.3 Å². The third-order valence-corrected chi connectivity index (χ3v) is 4.76. The standard InChI is InChI=1S/C16H24N4O3.C2HF3O2/c1-11-5-6-14(19-18-11)17-13-9-20(15(21)10-22-2)8-12-4-3-7-23-16(12)13;3-2(4,5)1(6)7/h5-6,12-13,16H,3-4,7-10H2,1-2H3,(H,17,19);(H,6,7)/t12-,13+,16-;/m0./s1. The smallest absolute Gasteiger partial charge is 0.475 e. The average molecular weight is 434 g/mol. The first-order valence-corrected chi connectivity index (χ1v) is 9.37. The minimum atomic E-state index is -5.08. The number of nitrogens with one attached hydrogen (secondary N) is 1. The molecule has 0 aromatic carbocycles. The molecule has 9 nitrogen and oxygen atoms in total. The fraction of sp³-hybridized carbons (Fsp3) is 0.667. The summed E-state index contributed by atoms with van der Waals surface area (Å²) in [5.41, 5.74) is 0.878. The van der Waals surface area contributed by atoms with Crippen LogP contribution in [0, 0.1) is 12.8 Å². The van der Waals surface area contributed by atoms with Crippen molar-refractivity contribution >= 4 is 17.7 Å². The van der Waals surface area contributed by atoms with Crippen LogP contribution >= 0.6 is 0 Å². The van der Waals surface area contributed by atoms with E-state index >= 15 is 0 Å². The first kappa shape index (κ1) is 23.8. The SMILES string of the molecule is COCC(=O)N1C[C@@H]2CCCO[C@@H]2[C@H](Nc2ccc(C)nn2)C1.O=C(O)C(F)(F)F. The second-order valence-corrected chi connectivity index (χ2v) is 7.08. The number of aryl methyl sites for hydroxylation is 1. The number of aromatic nitrogens is 2. The Kier molecular flexibility index (Phi) is 8.35. The number of rotatable bonds is 4. The molecular weight excluding hydrogens is 409 g/mol. The molecule has 0 bridgehead atoms. The highest BCUT2D eigenvalue weighted by molar-refractivity contribution is 5.77. The average Bonchev–Trinajstić information content (AvgIpc) is 2.69. The Balaban J connectivity index is 0.000000396. The molecule has 2 aliphatic heterocycles. The van der Waals surface area contributed by atoms with Gasteiger partial charge < -0.3 is 24.8 Å². The summed E-state index contributed by atoms with van der Waals surface area (Å²) in [6.45, 7) is 4.15. The summed E-state index contributed by atoms with van der Waals surface area (Å²) >= 11 is 0. The van der Waals surface area contributed by atoms with Gasteiger partial charge in [0, 0.05) is 32.7 Å². The van der Waals surface area contributed by atoms with Gasteiger partial charge >= 0.3 is 12.1 Å². The number of ether oxygens (including phenoxy) is 2. The zero-order chi connectivity index (χ0) is 22.3. The number of anilines is 1. The third kappa shape index (κ3) is 6.80. The Morgan fingerprint density at radius 3 is 2.60 bits per heavy atom. The summed E-state index contributed by atoms with van der Waals surface area (Å²) in [5.74, 6) is -1.66. The number of aliphatic carboxylic acids is 1. The van der Waals surface area contributed by atoms with Gasteiger partial charge in [0.05, 0.1) is 17.8 Å². The molecular formula is C18H25F3N4O5. The molecule has 12 heteroatoms. The molecule has 1 aromatic rings. The van der Waals surface area contributed by atoms with Crippen LogP contribution in [0.5, 0.6) is 0 Å². The van der Waals surface area contributed by atoms with Gasteiger partial charge in [-0.1, -0.05) is 0 Å². The molecule has 30 heavy (non-hydrogen) atoms. The fourth-order valence-corrected chi connectivity index (χ4v) is 3.42. The molecule has 2 fully saturated rings. The molecule has 0 unspecified atom stereocenters. The summed E-state index contributed by atoms with van der Waals surface area (Å²) in [6, 6.07) is 3.85. The van der Waals surface area contributed by atoms with Crippen LogP contribution in [0.15, 0.2) is 12.1 Å². The summed E-state index contributed by atoms with van der Waals surface area (Å²) in [5, 5.41) is 18.8. The van der Waals surface area contributed by atoms with Crippen molar-refractivity contribution in [3.8, 4) is 0 Å². The topological polar surface area (TPSA) is 114 Å². The largest absolute Gasteiger partial charge is 0.490 e. The van der Waals surface area contributed by atoms with Gasteiger partial charge in [-0.2, -0.15) is 18.3 Å². The van der Waals surface area contributed by atoms with Crippen molar-refractivity contribution in [1.82, 2.24) is 15.1 Å². The molecule has 2 N–H and O–H groups in total. The van der Waals surface area contributed by atoms with E-state index in [1.807, 2.05) is 24.0 Å². The molecule has 0 spiro atoms. The van der Waals surface area contributed by atoms with Crippen LogP contribution in [0.25, 0.3) is 0 Å². The minimum Gasteiger partial charge on any atom is -0.475 e. The normalized spacial score (nSPS) is 23.6. The number of carbonyl (C=O) groups excluding carboxylic acids is 1. The van der Waals surface area contributed by atoms with Crippen molar-refractivity contribution in [2.24, 2.45) is 5.92 Å². The quantitative estimate of drug-likeness (QED) is 0.733. The molecule has 168 valence electrons. The van der Waals surface area contributed by atoms with Gasteiger partial charge in [0.15, 0.2) is 0 Å². The summed E-state index contributed by atoms with van der Waals surface area (Å²) in [4.78, 5) is 23.0. The van der Waals surface area contributed by atoms with E-state index < -0.39 is 12.1 Å². The lowest BCUT2D eigenvalue weighted by atomic mass is 9.85. The van der Waals surface area contributed by atoms with Gasteiger partial charge in [-0.05, 0) is 31.9 Å². The highest BCUT2D eigenvalue weighted by Crippen LogP contribution is 2.30. The Hall–Kier alpha value is -2.47. The molecule has 3 heterocycles. The second kappa shape index (κ2) is 10.5. The van der Waals surface area contributed by atoms with E-state index in [0.29, 0.717) is 12.5 Å². The predicted molar refractivity (Wildman–Crippen MR) is 98.8 cm³/mol. The van der Waals surface area contributed by atoms with Gasteiger partial charge in [0.25, 0.3) is 0 Å². The van der Waals surface area contributed by atoms with Crippen LogP contribution in [0.2, 0.25) is 0 Å². The molecule has 3 atom stereocenters. The number of piperidine rings is 1. The van der Waals surface area contributed by atoms with E-state index in [4.69, 9.17) is 19.4 Å². The van der Waals surface area contributed by atoms with E-state index in [9.17, 15) is 18.0 Å². The predicted octanol–water partition coefficient (Wildman–Crippen LogP) is 1.48. The zero-order valence-corrected chi connectivity index (χ0v) is 16.7. The number of likely N-dealkylation sites (tertiary alicyclic amines) is 1. The van der Waals surface area contributed by atoms with E-state index in [1.165, 1.54) is 0 Å². The van der Waals surface area contributed by atoms with Gasteiger partial charge in [0.2, 0.25) is 5.91 Å². The van der Waals surface area contributed by atoms with Crippen molar-refractivity contribution in [1.29, 1.82) is 0 Å².